The van der Waals surface area contributed by atoms with Crippen molar-refractivity contribution in [2.75, 3.05) is 0 Å². The van der Waals surface area contributed by atoms with Crippen LogP contribution >= 0.6 is 0 Å². The van der Waals surface area contributed by atoms with Crippen molar-refractivity contribution in [1.82, 2.24) is 4.73 Å². The normalized spacial score (nSPS) is 10.6. The van der Waals surface area contributed by atoms with Gasteiger partial charge in [0.2, 0.25) is 0 Å². The maximum Gasteiger partial charge on any atom is 0.325 e. The van der Waals surface area contributed by atoms with E-state index in [-0.39, 0.29) is 0 Å². The molecule has 0 aliphatic carbocycles. The number of aryl methyl sites for hydroxylation is 1. The van der Waals surface area contributed by atoms with E-state index in [9.17, 15) is 5.21 Å². The van der Waals surface area contributed by atoms with E-state index in [2.05, 4.69) is 0 Å². The third kappa shape index (κ3) is 0.852. The van der Waals surface area contributed by atoms with E-state index in [0.717, 1.165) is 10.4 Å². The highest BCUT2D eigenvalue weighted by molar-refractivity contribution is 5.30. The second kappa shape index (κ2) is 1.99. The summed E-state index contributed by atoms with van der Waals surface area (Å²) in [5.74, 6) is 0. The highest BCUT2D eigenvalue weighted by atomic mass is 16.5. The summed E-state index contributed by atoms with van der Waals surface area (Å²) in [5, 5.41) is 9.20. The summed E-state index contributed by atoms with van der Waals surface area (Å²) >= 11 is 0. The Labute approximate surface area is 64.1 Å². The van der Waals surface area contributed by atoms with Gasteiger partial charge in [-0.05, 0) is 23.3 Å². The van der Waals surface area contributed by atoms with Crippen molar-refractivity contribution in [2.24, 2.45) is 0 Å². The summed E-state index contributed by atoms with van der Waals surface area (Å²) < 4.78 is 2.97. The fourth-order valence-electron chi connectivity index (χ4n) is 1.15. The molecule has 0 atom stereocenters. The quantitative estimate of drug-likeness (QED) is 0.435. The Morgan fingerprint density at radius 1 is 1.45 bits per heavy atom. The average Bonchev–Trinajstić information content (AvgIpc) is 2.32. The molecular formula is C8H9N2O+. The fourth-order valence-corrected chi connectivity index (χ4v) is 1.15. The Kier molecular flexibility index (Phi) is 1.12. The second-order valence-electron chi connectivity index (χ2n) is 2.61. The van der Waals surface area contributed by atoms with E-state index in [1.807, 2.05) is 35.9 Å². The summed E-state index contributed by atoms with van der Waals surface area (Å²) in [6, 6.07) is 3.83. The number of aromatic nitrogens is 2. The van der Waals surface area contributed by atoms with Gasteiger partial charge in [0.25, 0.3) is 0 Å². The van der Waals surface area contributed by atoms with Crippen LogP contribution < -0.4 is 4.40 Å². The summed E-state index contributed by atoms with van der Waals surface area (Å²) in [7, 11) is 0. The molecule has 0 spiro atoms. The molecule has 2 aromatic rings. The van der Waals surface area contributed by atoms with Gasteiger partial charge in [0, 0.05) is 6.07 Å². The minimum absolute atomic E-state index is 0.774. The Bertz CT molecular complexity index is 392. The number of hydrogen-bond donors (Lipinski definition) is 1. The first-order chi connectivity index (χ1) is 5.27. The van der Waals surface area contributed by atoms with E-state index in [0.29, 0.717) is 0 Å². The average molecular weight is 149 g/mol. The van der Waals surface area contributed by atoms with Crippen molar-refractivity contribution in [3.05, 3.63) is 36.3 Å². The topological polar surface area (TPSA) is 29.3 Å². The summed E-state index contributed by atoms with van der Waals surface area (Å²) in [4.78, 5) is 0. The summed E-state index contributed by atoms with van der Waals surface area (Å²) in [5.41, 5.74) is 1.95. The van der Waals surface area contributed by atoms with Gasteiger partial charge in [-0.2, -0.15) is 4.40 Å². The van der Waals surface area contributed by atoms with E-state index in [1.54, 1.807) is 6.20 Å². The second-order valence-corrected chi connectivity index (χ2v) is 2.61. The number of rotatable bonds is 0. The van der Waals surface area contributed by atoms with Gasteiger partial charge in [-0.1, -0.05) is 0 Å². The van der Waals surface area contributed by atoms with Crippen LogP contribution in [0.25, 0.3) is 5.65 Å². The third-order valence-corrected chi connectivity index (χ3v) is 1.71. The lowest BCUT2D eigenvalue weighted by Gasteiger charge is -1.88. The highest BCUT2D eigenvalue weighted by Gasteiger charge is 2.05. The number of pyridine rings is 1. The lowest BCUT2D eigenvalue weighted by molar-refractivity contribution is -0.512. The van der Waals surface area contributed by atoms with E-state index >= 15 is 0 Å². The van der Waals surface area contributed by atoms with E-state index in [1.165, 1.54) is 5.56 Å². The first-order valence-electron chi connectivity index (χ1n) is 3.45. The molecule has 0 radical (unpaired) electrons. The zero-order chi connectivity index (χ0) is 7.84. The van der Waals surface area contributed by atoms with Crippen LogP contribution in [0.5, 0.6) is 0 Å². The molecule has 3 heteroatoms. The van der Waals surface area contributed by atoms with Gasteiger partial charge in [0.05, 0.1) is 6.20 Å². The first kappa shape index (κ1) is 6.22. The molecule has 0 saturated carbocycles. The Balaban J connectivity index is 2.86. The van der Waals surface area contributed by atoms with Gasteiger partial charge in [-0.3, -0.25) is 0 Å². The predicted octanol–water partition coefficient (Wildman–Crippen LogP) is 0.773. The molecule has 0 aromatic carbocycles. The number of fused-ring (bicyclic) bond motifs is 1. The molecule has 0 unspecified atom stereocenters. The lowest BCUT2D eigenvalue weighted by Crippen LogP contribution is -2.18. The minimum atomic E-state index is 0.774. The molecule has 2 aromatic heterocycles. The van der Waals surface area contributed by atoms with Gasteiger partial charge >= 0.3 is 5.65 Å². The van der Waals surface area contributed by atoms with Crippen LogP contribution in [-0.4, -0.2) is 9.94 Å². The predicted molar refractivity (Wildman–Crippen MR) is 39.5 cm³/mol. The summed E-state index contributed by atoms with van der Waals surface area (Å²) in [6.45, 7) is 2.02. The van der Waals surface area contributed by atoms with Gasteiger partial charge in [0.15, 0.2) is 6.20 Å². The monoisotopic (exact) mass is 149 g/mol. The zero-order valence-electron chi connectivity index (χ0n) is 6.23. The molecule has 2 heterocycles. The molecule has 2 rings (SSSR count). The molecule has 0 bridgehead atoms. The zero-order valence-corrected chi connectivity index (χ0v) is 6.23. The molecule has 1 N–H and O–H groups in total. The van der Waals surface area contributed by atoms with Crippen LogP contribution in [0, 0.1) is 6.92 Å². The van der Waals surface area contributed by atoms with Crippen molar-refractivity contribution in [2.45, 2.75) is 6.92 Å². The molecule has 11 heavy (non-hydrogen) atoms. The Morgan fingerprint density at radius 2 is 2.27 bits per heavy atom. The van der Waals surface area contributed by atoms with Gasteiger partial charge in [0.1, 0.15) is 6.20 Å². The van der Waals surface area contributed by atoms with E-state index < -0.39 is 0 Å². The highest BCUT2D eigenvalue weighted by Crippen LogP contribution is 1.97. The first-order valence-corrected chi connectivity index (χ1v) is 3.45. The number of imidazole rings is 1. The molecule has 0 amide bonds. The maximum absolute atomic E-state index is 9.20. The van der Waals surface area contributed by atoms with Gasteiger partial charge in [-0.25, -0.2) is 0 Å². The summed E-state index contributed by atoms with van der Waals surface area (Å²) in [6.07, 6.45) is 5.37. The lowest BCUT2D eigenvalue weighted by atomic mass is 10.3. The van der Waals surface area contributed by atoms with Crippen LogP contribution in [0.15, 0.2) is 30.7 Å². The smallest absolute Gasteiger partial charge is 0.325 e. The van der Waals surface area contributed by atoms with Crippen molar-refractivity contribution >= 4 is 5.65 Å². The van der Waals surface area contributed by atoms with Crippen LogP contribution in [0.4, 0.5) is 0 Å². The van der Waals surface area contributed by atoms with Crippen LogP contribution in [-0.2, 0) is 0 Å². The largest absolute Gasteiger partial charge is 0.350 e. The molecule has 0 fully saturated rings. The van der Waals surface area contributed by atoms with Crippen molar-refractivity contribution in [1.29, 1.82) is 0 Å². The van der Waals surface area contributed by atoms with Crippen molar-refractivity contribution in [3.8, 4) is 0 Å². The van der Waals surface area contributed by atoms with Crippen molar-refractivity contribution < 1.29 is 9.61 Å². The number of hydrogen-bond acceptors (Lipinski definition) is 1. The third-order valence-electron chi connectivity index (χ3n) is 1.71. The molecule has 56 valence electrons. The molecule has 0 saturated heterocycles. The number of nitrogens with zero attached hydrogens (tertiary/aromatic N) is 2. The van der Waals surface area contributed by atoms with Crippen LogP contribution in [0.1, 0.15) is 5.56 Å². The molecule has 0 aliphatic heterocycles. The molecular weight excluding hydrogens is 140 g/mol. The molecule has 3 nitrogen and oxygen atoms in total. The van der Waals surface area contributed by atoms with E-state index in [4.69, 9.17) is 0 Å². The van der Waals surface area contributed by atoms with Gasteiger partial charge in [-0.15, -0.1) is 0 Å². The SMILES string of the molecule is Cc1ccc2n(O)cc[n+]2c1. The standard InChI is InChI=1S/C8H9N2O/c1-7-2-3-8-9(6-7)4-5-10(8)11/h2-6,11H,1H3/q+1. The van der Waals surface area contributed by atoms with Gasteiger partial charge < -0.3 is 5.21 Å². The minimum Gasteiger partial charge on any atom is -0.350 e. The maximum atomic E-state index is 9.20. The van der Waals surface area contributed by atoms with Crippen molar-refractivity contribution in [3.63, 3.8) is 0 Å². The fraction of sp³-hybridized carbons (Fsp3) is 0.125. The molecule has 0 aliphatic rings. The Hall–Kier alpha value is -1.51. The Morgan fingerprint density at radius 3 is 3.09 bits per heavy atom. The van der Waals surface area contributed by atoms with Crippen LogP contribution in [0.2, 0.25) is 0 Å². The van der Waals surface area contributed by atoms with Crippen LogP contribution in [0.3, 0.4) is 0 Å².